The molecule has 0 bridgehead atoms. The fourth-order valence-electron chi connectivity index (χ4n) is 3.18. The molecule has 9 nitrogen and oxygen atoms in total. The van der Waals surface area contributed by atoms with Crippen LogP contribution in [-0.4, -0.2) is 63.6 Å². The van der Waals surface area contributed by atoms with E-state index in [9.17, 15) is 0 Å². The van der Waals surface area contributed by atoms with Gasteiger partial charge in [0.25, 0.3) is 0 Å². The molecule has 1 aliphatic rings. The molecule has 0 aliphatic carbocycles. The second kappa shape index (κ2) is 7.22. The first-order valence-electron chi connectivity index (χ1n) is 8.51. The average molecular weight is 375 g/mol. The fraction of sp³-hybridized carbons (Fsp3) is 0.562. The highest BCUT2D eigenvalue weighted by Gasteiger charge is 2.29. The number of hydrogen-bond donors (Lipinski definition) is 0. The number of aromatic nitrogens is 6. The smallest absolute Gasteiger partial charge is 0.182 e. The van der Waals surface area contributed by atoms with E-state index in [2.05, 4.69) is 44.2 Å². The summed E-state index contributed by atoms with van der Waals surface area (Å²) >= 11 is 1.71. The van der Waals surface area contributed by atoms with Crippen LogP contribution in [0.1, 0.15) is 22.4 Å². The number of tetrazole rings is 1. The molecule has 0 aromatic carbocycles. The maximum Gasteiger partial charge on any atom is 0.182 e. The molecule has 4 rings (SSSR count). The average Bonchev–Trinajstić information content (AvgIpc) is 3.25. The minimum Gasteiger partial charge on any atom is -0.383 e. The second-order valence-corrected chi connectivity index (χ2v) is 7.42. The van der Waals surface area contributed by atoms with E-state index in [0.717, 1.165) is 28.4 Å². The van der Waals surface area contributed by atoms with Gasteiger partial charge in [-0.2, -0.15) is 0 Å². The first-order chi connectivity index (χ1) is 12.7. The van der Waals surface area contributed by atoms with Gasteiger partial charge in [-0.05, 0) is 29.8 Å². The van der Waals surface area contributed by atoms with Crippen molar-refractivity contribution in [2.75, 3.05) is 38.3 Å². The fourth-order valence-corrected chi connectivity index (χ4v) is 4.17. The maximum absolute atomic E-state index is 5.96. The van der Waals surface area contributed by atoms with Gasteiger partial charge in [0.15, 0.2) is 5.82 Å². The Balaban J connectivity index is 1.63. The van der Waals surface area contributed by atoms with Crippen molar-refractivity contribution in [2.24, 2.45) is 0 Å². The molecule has 0 N–H and O–H groups in total. The lowest BCUT2D eigenvalue weighted by Crippen LogP contribution is -2.40. The summed E-state index contributed by atoms with van der Waals surface area (Å²) < 4.78 is 12.8. The summed E-state index contributed by atoms with van der Waals surface area (Å²) in [6, 6.07) is 0. The first kappa shape index (κ1) is 17.3. The number of nitrogens with zero attached hydrogens (tertiary/aromatic N) is 7. The standard InChI is InChI=1S/C16H21N7O2S/c1-10-11(2)26-16-13(10)15(17-9-18-16)22-4-7-25-12(8-22)14-19-20-21-23(14)5-6-24-3/h9,12H,4-8H2,1-3H3/t12-/m0/s1. The van der Waals surface area contributed by atoms with Crippen molar-refractivity contribution in [2.45, 2.75) is 26.5 Å². The predicted molar refractivity (Wildman–Crippen MR) is 97.5 cm³/mol. The highest BCUT2D eigenvalue weighted by molar-refractivity contribution is 7.18. The lowest BCUT2D eigenvalue weighted by Gasteiger charge is -2.33. The van der Waals surface area contributed by atoms with Gasteiger partial charge in [-0.1, -0.05) is 0 Å². The summed E-state index contributed by atoms with van der Waals surface area (Å²) in [5.41, 5.74) is 1.24. The zero-order valence-electron chi connectivity index (χ0n) is 15.0. The monoisotopic (exact) mass is 375 g/mol. The van der Waals surface area contributed by atoms with Gasteiger partial charge in [-0.15, -0.1) is 16.4 Å². The van der Waals surface area contributed by atoms with Gasteiger partial charge in [0, 0.05) is 18.5 Å². The lowest BCUT2D eigenvalue weighted by atomic mass is 10.2. The van der Waals surface area contributed by atoms with Crippen LogP contribution in [0.5, 0.6) is 0 Å². The van der Waals surface area contributed by atoms with E-state index in [0.29, 0.717) is 26.3 Å². The number of fused-ring (bicyclic) bond motifs is 1. The van der Waals surface area contributed by atoms with E-state index in [1.807, 2.05) is 0 Å². The molecule has 26 heavy (non-hydrogen) atoms. The number of anilines is 1. The summed E-state index contributed by atoms with van der Waals surface area (Å²) in [7, 11) is 1.66. The van der Waals surface area contributed by atoms with E-state index in [-0.39, 0.29) is 6.10 Å². The minimum absolute atomic E-state index is 0.208. The number of methoxy groups -OCH3 is 1. The third-order valence-electron chi connectivity index (χ3n) is 4.67. The highest BCUT2D eigenvalue weighted by atomic mass is 32.1. The maximum atomic E-state index is 5.96. The first-order valence-corrected chi connectivity index (χ1v) is 9.33. The highest BCUT2D eigenvalue weighted by Crippen LogP contribution is 2.35. The van der Waals surface area contributed by atoms with Gasteiger partial charge in [-0.25, -0.2) is 14.6 Å². The van der Waals surface area contributed by atoms with Crippen molar-refractivity contribution in [1.82, 2.24) is 30.2 Å². The van der Waals surface area contributed by atoms with E-state index in [1.165, 1.54) is 10.4 Å². The molecular weight excluding hydrogens is 354 g/mol. The number of morpholine rings is 1. The van der Waals surface area contributed by atoms with Crippen molar-refractivity contribution >= 4 is 27.4 Å². The summed E-state index contributed by atoms with van der Waals surface area (Å²) in [5.74, 6) is 1.68. The zero-order chi connectivity index (χ0) is 18.1. The van der Waals surface area contributed by atoms with Crippen LogP contribution in [-0.2, 0) is 16.0 Å². The number of rotatable bonds is 5. The van der Waals surface area contributed by atoms with Crippen LogP contribution in [0.3, 0.4) is 0 Å². The van der Waals surface area contributed by atoms with E-state index in [1.54, 1.807) is 29.5 Å². The van der Waals surface area contributed by atoms with Crippen LogP contribution >= 0.6 is 11.3 Å². The summed E-state index contributed by atoms with van der Waals surface area (Å²) in [6.45, 7) is 7.41. The van der Waals surface area contributed by atoms with Gasteiger partial charge >= 0.3 is 0 Å². The van der Waals surface area contributed by atoms with E-state index in [4.69, 9.17) is 9.47 Å². The molecule has 138 valence electrons. The van der Waals surface area contributed by atoms with Crippen molar-refractivity contribution in [3.05, 3.63) is 22.6 Å². The SMILES string of the molecule is COCCn1nnnc1[C@@H]1CN(c2ncnc3sc(C)c(C)c23)CCO1. The second-order valence-electron chi connectivity index (χ2n) is 6.22. The van der Waals surface area contributed by atoms with Crippen LogP contribution in [0, 0.1) is 13.8 Å². The largest absolute Gasteiger partial charge is 0.383 e. The topological polar surface area (TPSA) is 91.1 Å². The van der Waals surface area contributed by atoms with Gasteiger partial charge in [-0.3, -0.25) is 0 Å². The van der Waals surface area contributed by atoms with Gasteiger partial charge in [0.2, 0.25) is 0 Å². The summed E-state index contributed by atoms with van der Waals surface area (Å²) in [4.78, 5) is 13.6. The number of hydrogen-bond acceptors (Lipinski definition) is 9. The van der Waals surface area contributed by atoms with Crippen molar-refractivity contribution in [1.29, 1.82) is 0 Å². The van der Waals surface area contributed by atoms with Crippen molar-refractivity contribution in [3.8, 4) is 0 Å². The normalized spacial score (nSPS) is 18.0. The lowest BCUT2D eigenvalue weighted by molar-refractivity contribution is 0.0298. The number of aryl methyl sites for hydroxylation is 2. The zero-order valence-corrected chi connectivity index (χ0v) is 15.9. The third kappa shape index (κ3) is 3.04. The molecule has 0 saturated carbocycles. The molecule has 0 radical (unpaired) electrons. The number of thiophene rings is 1. The molecule has 0 spiro atoms. The predicted octanol–water partition coefficient (Wildman–Crippen LogP) is 1.52. The molecule has 3 aromatic rings. The molecule has 10 heteroatoms. The summed E-state index contributed by atoms with van der Waals surface area (Å²) in [6.07, 6.45) is 1.43. The molecule has 1 saturated heterocycles. The number of ether oxygens (including phenoxy) is 2. The Morgan fingerprint density at radius 3 is 3.08 bits per heavy atom. The Labute approximate surface area is 154 Å². The van der Waals surface area contributed by atoms with Gasteiger partial charge < -0.3 is 14.4 Å². The van der Waals surface area contributed by atoms with Crippen molar-refractivity contribution < 1.29 is 9.47 Å². The quantitative estimate of drug-likeness (QED) is 0.663. The van der Waals surface area contributed by atoms with Crippen LogP contribution < -0.4 is 4.90 Å². The Morgan fingerprint density at radius 2 is 2.23 bits per heavy atom. The molecule has 0 amide bonds. The van der Waals surface area contributed by atoms with Crippen LogP contribution in [0.4, 0.5) is 5.82 Å². The van der Waals surface area contributed by atoms with Crippen LogP contribution in [0.2, 0.25) is 0 Å². The Kier molecular flexibility index (Phi) is 4.79. The van der Waals surface area contributed by atoms with E-state index < -0.39 is 0 Å². The minimum atomic E-state index is -0.208. The summed E-state index contributed by atoms with van der Waals surface area (Å²) in [5, 5.41) is 13.2. The third-order valence-corrected chi connectivity index (χ3v) is 5.78. The molecule has 3 aromatic heterocycles. The van der Waals surface area contributed by atoms with E-state index >= 15 is 0 Å². The molecule has 1 fully saturated rings. The van der Waals surface area contributed by atoms with Crippen LogP contribution in [0.25, 0.3) is 10.2 Å². The Bertz CT molecular complexity index is 909. The molecule has 0 unspecified atom stereocenters. The van der Waals surface area contributed by atoms with Gasteiger partial charge in [0.05, 0.1) is 31.7 Å². The van der Waals surface area contributed by atoms with Gasteiger partial charge in [0.1, 0.15) is 23.1 Å². The van der Waals surface area contributed by atoms with Crippen LogP contribution in [0.15, 0.2) is 6.33 Å². The molecule has 4 heterocycles. The molecule has 1 aliphatic heterocycles. The van der Waals surface area contributed by atoms with Crippen molar-refractivity contribution in [3.63, 3.8) is 0 Å². The Morgan fingerprint density at radius 1 is 1.35 bits per heavy atom. The Hall–Kier alpha value is -2.17. The molecule has 1 atom stereocenters. The molecular formula is C16H21N7O2S.